The number of rotatable bonds is 6. The van der Waals surface area contributed by atoms with E-state index < -0.39 is 29.4 Å². The maximum absolute atomic E-state index is 14.0. The van der Waals surface area contributed by atoms with Crippen molar-refractivity contribution in [1.29, 1.82) is 0 Å². The molecule has 1 amide bonds. The molecule has 1 heterocycles. The first kappa shape index (κ1) is 21.3. The summed E-state index contributed by atoms with van der Waals surface area (Å²) in [5.74, 6) is -1.56. The number of amides is 1. The van der Waals surface area contributed by atoms with Gasteiger partial charge in [-0.15, -0.1) is 0 Å². The molecule has 0 fully saturated rings. The molecule has 5 nitrogen and oxygen atoms in total. The highest BCUT2D eigenvalue weighted by Crippen LogP contribution is 2.42. The molecule has 0 aliphatic carbocycles. The fraction of sp³-hybridized carbons (Fsp3) is 0.154. The highest BCUT2D eigenvalue weighted by molar-refractivity contribution is 6.16. The van der Waals surface area contributed by atoms with Crippen LogP contribution in [0.5, 0.6) is 11.5 Å². The van der Waals surface area contributed by atoms with E-state index in [0.29, 0.717) is 17.1 Å². The first-order valence-corrected chi connectivity index (χ1v) is 10.3. The lowest BCUT2D eigenvalue weighted by molar-refractivity contribution is -0.119. The minimum atomic E-state index is -0.918. The van der Waals surface area contributed by atoms with Crippen molar-refractivity contribution in [3.8, 4) is 11.5 Å². The zero-order valence-corrected chi connectivity index (χ0v) is 17.7. The summed E-state index contributed by atoms with van der Waals surface area (Å²) >= 11 is 0. The fourth-order valence-electron chi connectivity index (χ4n) is 3.75. The third-order valence-electron chi connectivity index (χ3n) is 5.24. The van der Waals surface area contributed by atoms with E-state index in [1.54, 1.807) is 44.2 Å². The van der Waals surface area contributed by atoms with E-state index in [2.05, 4.69) is 0 Å². The van der Waals surface area contributed by atoms with Crippen LogP contribution in [-0.2, 0) is 9.59 Å². The van der Waals surface area contributed by atoms with Crippen molar-refractivity contribution in [2.24, 2.45) is 5.92 Å². The molecule has 1 atom stereocenters. The first-order chi connectivity index (χ1) is 15.4. The number of nitrogens with zero attached hydrogens (tertiary/aromatic N) is 1. The van der Waals surface area contributed by atoms with Gasteiger partial charge in [0.05, 0.1) is 11.6 Å². The fourth-order valence-corrected chi connectivity index (χ4v) is 3.75. The molecule has 1 unspecified atom stereocenters. The molecule has 32 heavy (non-hydrogen) atoms. The van der Waals surface area contributed by atoms with Crippen LogP contribution in [0.4, 0.5) is 10.1 Å². The number of benzene rings is 3. The summed E-state index contributed by atoms with van der Waals surface area (Å²) in [6.07, 6.45) is 0. The quantitative estimate of drug-likeness (QED) is 0.540. The van der Waals surface area contributed by atoms with Crippen LogP contribution in [0, 0.1) is 11.7 Å². The average Bonchev–Trinajstić information content (AvgIpc) is 3.04. The normalized spacial score (nSPS) is 16.1. The van der Waals surface area contributed by atoms with Gasteiger partial charge in [0.2, 0.25) is 0 Å². The van der Waals surface area contributed by atoms with Crippen molar-refractivity contribution in [3.05, 3.63) is 102 Å². The number of aliphatic hydroxyl groups excluding tert-OH is 1. The smallest absolute Gasteiger partial charge is 0.294 e. The van der Waals surface area contributed by atoms with Crippen LogP contribution in [0.25, 0.3) is 0 Å². The van der Waals surface area contributed by atoms with E-state index in [1.165, 1.54) is 23.1 Å². The van der Waals surface area contributed by atoms with Crippen LogP contribution >= 0.6 is 0 Å². The van der Waals surface area contributed by atoms with E-state index in [4.69, 9.17) is 4.74 Å². The number of Topliss-reactive ketones (excluding diaryl/α,β-unsaturated/α-hetero) is 1. The molecule has 0 saturated carbocycles. The Morgan fingerprint density at radius 1 is 0.969 bits per heavy atom. The number of hydrogen-bond acceptors (Lipinski definition) is 4. The monoisotopic (exact) mass is 431 g/mol. The molecule has 6 heteroatoms. The summed E-state index contributed by atoms with van der Waals surface area (Å²) in [6.45, 7) is 3.40. The lowest BCUT2D eigenvalue weighted by atomic mass is 9.91. The minimum Gasteiger partial charge on any atom is -0.503 e. The van der Waals surface area contributed by atoms with Crippen molar-refractivity contribution in [1.82, 2.24) is 0 Å². The molecule has 0 bridgehead atoms. The van der Waals surface area contributed by atoms with Gasteiger partial charge in [0.15, 0.2) is 11.5 Å². The van der Waals surface area contributed by atoms with Crippen molar-refractivity contribution in [2.75, 3.05) is 4.90 Å². The molecular formula is C26H22FNO4. The van der Waals surface area contributed by atoms with Gasteiger partial charge >= 0.3 is 0 Å². The molecule has 0 radical (unpaired) electrons. The molecule has 3 aromatic carbocycles. The van der Waals surface area contributed by atoms with Crippen molar-refractivity contribution >= 4 is 17.4 Å². The van der Waals surface area contributed by atoms with Gasteiger partial charge in [-0.1, -0.05) is 50.2 Å². The lowest BCUT2D eigenvalue weighted by Gasteiger charge is -2.27. The number of carbonyl (C=O) groups excluding carboxylic acids is 2. The number of carbonyl (C=O) groups is 2. The molecule has 1 aliphatic rings. The van der Waals surface area contributed by atoms with E-state index in [0.717, 1.165) is 0 Å². The predicted octanol–water partition coefficient (Wildman–Crippen LogP) is 5.74. The number of anilines is 1. The van der Waals surface area contributed by atoms with Gasteiger partial charge in [-0.3, -0.25) is 14.5 Å². The second-order valence-electron chi connectivity index (χ2n) is 7.83. The Morgan fingerprint density at radius 2 is 1.66 bits per heavy atom. The van der Waals surface area contributed by atoms with Crippen LogP contribution < -0.4 is 9.64 Å². The molecular weight excluding hydrogens is 409 g/mol. The van der Waals surface area contributed by atoms with Crippen LogP contribution in [0.15, 0.2) is 90.2 Å². The third kappa shape index (κ3) is 3.99. The molecule has 1 aliphatic heterocycles. The summed E-state index contributed by atoms with van der Waals surface area (Å²) in [5, 5.41) is 10.7. The van der Waals surface area contributed by atoms with Crippen LogP contribution in [-0.4, -0.2) is 16.8 Å². The SMILES string of the molecule is CC(C)C(=O)C1=C(O)C(=O)N(c2cccc(F)c2)C1c1cccc(Oc2ccccc2)c1. The van der Waals surface area contributed by atoms with E-state index in [9.17, 15) is 19.1 Å². The van der Waals surface area contributed by atoms with Gasteiger partial charge in [0.25, 0.3) is 5.91 Å². The molecule has 3 aromatic rings. The second kappa shape index (κ2) is 8.67. The topological polar surface area (TPSA) is 66.8 Å². The molecule has 0 saturated heterocycles. The number of halogens is 1. The Balaban J connectivity index is 1.82. The largest absolute Gasteiger partial charge is 0.503 e. The second-order valence-corrected chi connectivity index (χ2v) is 7.83. The summed E-state index contributed by atoms with van der Waals surface area (Å²) in [7, 11) is 0. The van der Waals surface area contributed by atoms with Gasteiger partial charge in [-0.25, -0.2) is 4.39 Å². The molecule has 1 N–H and O–H groups in total. The highest BCUT2D eigenvalue weighted by atomic mass is 19.1. The summed E-state index contributed by atoms with van der Waals surface area (Å²) in [4.78, 5) is 27.3. The van der Waals surface area contributed by atoms with Gasteiger partial charge in [-0.2, -0.15) is 0 Å². The predicted molar refractivity (Wildman–Crippen MR) is 119 cm³/mol. The first-order valence-electron chi connectivity index (χ1n) is 10.3. The van der Waals surface area contributed by atoms with E-state index >= 15 is 0 Å². The molecule has 0 aromatic heterocycles. The summed E-state index contributed by atoms with van der Waals surface area (Å²) in [6, 6.07) is 20.7. The van der Waals surface area contributed by atoms with Crippen LogP contribution in [0.3, 0.4) is 0 Å². The van der Waals surface area contributed by atoms with Crippen molar-refractivity contribution < 1.29 is 23.8 Å². The standard InChI is InChI=1S/C26H22FNO4/c1-16(2)24(29)22-23(28(26(31)25(22)30)19-10-7-9-18(27)15-19)17-8-6-13-21(14-17)32-20-11-4-3-5-12-20/h3-16,23,30H,1-2H3. The Kier molecular flexibility index (Phi) is 5.77. The van der Waals surface area contributed by atoms with Gasteiger partial charge in [-0.05, 0) is 48.0 Å². The number of ketones is 1. The van der Waals surface area contributed by atoms with Crippen molar-refractivity contribution in [2.45, 2.75) is 19.9 Å². The zero-order valence-electron chi connectivity index (χ0n) is 17.7. The average molecular weight is 431 g/mol. The number of para-hydroxylation sites is 1. The van der Waals surface area contributed by atoms with Gasteiger partial charge < -0.3 is 9.84 Å². The third-order valence-corrected chi connectivity index (χ3v) is 5.24. The zero-order chi connectivity index (χ0) is 22.8. The number of ether oxygens (including phenoxy) is 1. The maximum Gasteiger partial charge on any atom is 0.294 e. The number of aliphatic hydroxyl groups is 1. The molecule has 0 spiro atoms. The highest BCUT2D eigenvalue weighted by Gasteiger charge is 2.45. The van der Waals surface area contributed by atoms with E-state index in [1.807, 2.05) is 30.3 Å². The van der Waals surface area contributed by atoms with Gasteiger partial charge in [0.1, 0.15) is 17.3 Å². The molecule has 4 rings (SSSR count). The van der Waals surface area contributed by atoms with Crippen molar-refractivity contribution in [3.63, 3.8) is 0 Å². The van der Waals surface area contributed by atoms with Gasteiger partial charge in [0, 0.05) is 11.6 Å². The maximum atomic E-state index is 14.0. The Labute approximate surface area is 185 Å². The van der Waals surface area contributed by atoms with Crippen LogP contribution in [0.1, 0.15) is 25.5 Å². The van der Waals surface area contributed by atoms with Crippen LogP contribution in [0.2, 0.25) is 0 Å². The Bertz CT molecular complexity index is 1200. The molecule has 162 valence electrons. The summed E-state index contributed by atoms with van der Waals surface area (Å²) < 4.78 is 19.9. The van der Waals surface area contributed by atoms with E-state index in [-0.39, 0.29) is 17.0 Å². The Morgan fingerprint density at radius 3 is 2.34 bits per heavy atom. The number of hydrogen-bond donors (Lipinski definition) is 1. The Hall–Kier alpha value is -3.93. The summed E-state index contributed by atoms with van der Waals surface area (Å²) in [5.41, 5.74) is 0.794. The minimum absolute atomic E-state index is 0.00822. The lowest BCUT2D eigenvalue weighted by Crippen LogP contribution is -2.31.